The molecule has 0 amide bonds. The van der Waals surface area contributed by atoms with E-state index in [1.807, 2.05) is 0 Å². The molecule has 3 heteroatoms. The molecule has 0 aliphatic heterocycles. The van der Waals surface area contributed by atoms with Crippen molar-refractivity contribution in [2.75, 3.05) is 20.1 Å². The highest BCUT2D eigenvalue weighted by Crippen LogP contribution is 2.14. The smallest absolute Gasteiger partial charge is 0.0727 e. The molecule has 0 bridgehead atoms. The molecule has 0 atom stereocenters. The fraction of sp³-hybridized carbons (Fsp3) is 0.900. The molecule has 0 aliphatic rings. The van der Waals surface area contributed by atoms with E-state index in [-0.39, 0.29) is 0 Å². The van der Waals surface area contributed by atoms with Crippen LogP contribution >= 0.6 is 12.2 Å². The molecule has 0 rings (SSSR count). The summed E-state index contributed by atoms with van der Waals surface area (Å²) < 4.78 is 0. The average molecular weight is 202 g/mol. The molecule has 0 aromatic rings. The molecule has 0 unspecified atom stereocenters. The van der Waals surface area contributed by atoms with Crippen molar-refractivity contribution >= 4 is 17.2 Å². The van der Waals surface area contributed by atoms with Gasteiger partial charge in [0.2, 0.25) is 0 Å². The van der Waals surface area contributed by atoms with Gasteiger partial charge in [-0.3, -0.25) is 0 Å². The normalized spacial score (nSPS) is 12.1. The van der Waals surface area contributed by atoms with Crippen LogP contribution in [0.1, 0.15) is 33.6 Å². The van der Waals surface area contributed by atoms with E-state index >= 15 is 0 Å². The molecular formula is C10H22N2S. The molecule has 0 aromatic carbocycles. The number of rotatable bonds is 5. The maximum Gasteiger partial charge on any atom is 0.0727 e. The van der Waals surface area contributed by atoms with Gasteiger partial charge in [0.15, 0.2) is 0 Å². The van der Waals surface area contributed by atoms with Crippen molar-refractivity contribution in [1.82, 2.24) is 4.90 Å². The molecule has 2 nitrogen and oxygen atoms in total. The molecule has 0 radical (unpaired) electrons. The zero-order valence-corrected chi connectivity index (χ0v) is 10.1. The molecule has 0 fully saturated rings. The largest absolute Gasteiger partial charge is 0.393 e. The Kier molecular flexibility index (Phi) is 5.49. The summed E-state index contributed by atoms with van der Waals surface area (Å²) in [5, 5.41) is 0. The Hall–Kier alpha value is -0.150. The number of thiocarbonyl (C=S) groups is 1. The second-order valence-corrected chi connectivity index (χ2v) is 5.39. The highest BCUT2D eigenvalue weighted by Gasteiger charge is 2.12. The van der Waals surface area contributed by atoms with Gasteiger partial charge >= 0.3 is 0 Å². The molecule has 0 heterocycles. The summed E-state index contributed by atoms with van der Waals surface area (Å²) >= 11 is 4.82. The van der Waals surface area contributed by atoms with Crippen LogP contribution in [0, 0.1) is 5.41 Å². The second-order valence-electron chi connectivity index (χ2n) is 4.87. The number of hydrogen-bond donors (Lipinski definition) is 1. The zero-order chi connectivity index (χ0) is 10.5. The van der Waals surface area contributed by atoms with Crippen LogP contribution in [0.2, 0.25) is 0 Å². The molecule has 78 valence electrons. The summed E-state index contributed by atoms with van der Waals surface area (Å²) in [6.07, 6.45) is 1.94. The second kappa shape index (κ2) is 5.55. The Balaban J connectivity index is 3.52. The minimum atomic E-state index is 0.373. The lowest BCUT2D eigenvalue weighted by atomic mass is 9.96. The van der Waals surface area contributed by atoms with Crippen LogP contribution in [-0.4, -0.2) is 30.0 Å². The molecular weight excluding hydrogens is 180 g/mol. The first-order chi connectivity index (χ1) is 5.81. The summed E-state index contributed by atoms with van der Waals surface area (Å²) in [7, 11) is 2.14. The van der Waals surface area contributed by atoms with Crippen LogP contribution in [0.3, 0.4) is 0 Å². The Labute approximate surface area is 87.5 Å². The topological polar surface area (TPSA) is 29.3 Å². The van der Waals surface area contributed by atoms with Crippen molar-refractivity contribution in [3.8, 4) is 0 Å². The first-order valence-corrected chi connectivity index (χ1v) is 5.19. The predicted octanol–water partition coefficient (Wildman–Crippen LogP) is 2.03. The summed E-state index contributed by atoms with van der Waals surface area (Å²) in [4.78, 5) is 2.96. The van der Waals surface area contributed by atoms with E-state index in [9.17, 15) is 0 Å². The van der Waals surface area contributed by atoms with E-state index in [1.165, 1.54) is 0 Å². The van der Waals surface area contributed by atoms with Gasteiger partial charge in [-0.15, -0.1) is 0 Å². The van der Waals surface area contributed by atoms with Gasteiger partial charge in [0, 0.05) is 6.54 Å². The lowest BCUT2D eigenvalue weighted by Crippen LogP contribution is -2.30. The molecule has 0 saturated heterocycles. The summed E-state index contributed by atoms with van der Waals surface area (Å²) in [6.45, 7) is 8.93. The average Bonchev–Trinajstić information content (AvgIpc) is 1.81. The number of hydrogen-bond acceptors (Lipinski definition) is 2. The maximum atomic E-state index is 5.42. The standard InChI is InChI=1S/C10H22N2S/c1-10(2,3)8-12(4)7-5-6-9(11)13/h5-8H2,1-4H3,(H2,11,13). The highest BCUT2D eigenvalue weighted by atomic mass is 32.1. The van der Waals surface area contributed by atoms with Gasteiger partial charge in [-0.2, -0.15) is 0 Å². The van der Waals surface area contributed by atoms with E-state index < -0.39 is 0 Å². The van der Waals surface area contributed by atoms with E-state index in [0.717, 1.165) is 25.9 Å². The van der Waals surface area contributed by atoms with Crippen LogP contribution in [0.15, 0.2) is 0 Å². The minimum Gasteiger partial charge on any atom is -0.393 e. The SMILES string of the molecule is CN(CCCC(N)=S)CC(C)(C)C. The molecule has 2 N–H and O–H groups in total. The van der Waals surface area contributed by atoms with E-state index in [1.54, 1.807) is 0 Å². The van der Waals surface area contributed by atoms with E-state index in [4.69, 9.17) is 18.0 Å². The Morgan fingerprint density at radius 1 is 1.38 bits per heavy atom. The molecule has 0 aromatic heterocycles. The summed E-state index contributed by atoms with van der Waals surface area (Å²) in [5.41, 5.74) is 5.79. The first-order valence-electron chi connectivity index (χ1n) is 4.78. The van der Waals surface area contributed by atoms with Crippen LogP contribution < -0.4 is 5.73 Å². The number of nitrogens with two attached hydrogens (primary N) is 1. The Morgan fingerprint density at radius 2 is 1.92 bits per heavy atom. The van der Waals surface area contributed by atoms with Gasteiger partial charge < -0.3 is 10.6 Å². The predicted molar refractivity (Wildman–Crippen MR) is 63.0 cm³/mol. The summed E-state index contributed by atoms with van der Waals surface area (Å²) in [6, 6.07) is 0. The fourth-order valence-electron chi connectivity index (χ4n) is 1.41. The van der Waals surface area contributed by atoms with Gasteiger partial charge in [-0.05, 0) is 31.8 Å². The molecule has 0 spiro atoms. The Bertz CT molecular complexity index is 161. The van der Waals surface area contributed by atoms with Crippen LogP contribution in [0.25, 0.3) is 0 Å². The number of nitrogens with zero attached hydrogens (tertiary/aromatic N) is 1. The van der Waals surface area contributed by atoms with Crippen molar-refractivity contribution in [2.24, 2.45) is 11.1 Å². The van der Waals surface area contributed by atoms with Gasteiger partial charge in [0.25, 0.3) is 0 Å². The third-order valence-electron chi connectivity index (χ3n) is 1.71. The van der Waals surface area contributed by atoms with Crippen LogP contribution in [0.5, 0.6) is 0 Å². The van der Waals surface area contributed by atoms with Crippen molar-refractivity contribution in [2.45, 2.75) is 33.6 Å². The lowest BCUT2D eigenvalue weighted by Gasteiger charge is -2.26. The third kappa shape index (κ3) is 9.77. The van der Waals surface area contributed by atoms with E-state index in [2.05, 4.69) is 32.7 Å². The molecule has 0 saturated carbocycles. The van der Waals surface area contributed by atoms with E-state index in [0.29, 0.717) is 10.4 Å². The molecule has 13 heavy (non-hydrogen) atoms. The van der Waals surface area contributed by atoms with Crippen molar-refractivity contribution in [1.29, 1.82) is 0 Å². The van der Waals surface area contributed by atoms with Gasteiger partial charge in [-0.25, -0.2) is 0 Å². The van der Waals surface area contributed by atoms with Crippen LogP contribution in [0.4, 0.5) is 0 Å². The van der Waals surface area contributed by atoms with Crippen molar-refractivity contribution in [3.05, 3.63) is 0 Å². The first kappa shape index (κ1) is 12.8. The van der Waals surface area contributed by atoms with Crippen molar-refractivity contribution in [3.63, 3.8) is 0 Å². The van der Waals surface area contributed by atoms with Gasteiger partial charge in [0.05, 0.1) is 4.99 Å². The monoisotopic (exact) mass is 202 g/mol. The quantitative estimate of drug-likeness (QED) is 0.692. The van der Waals surface area contributed by atoms with Crippen LogP contribution in [-0.2, 0) is 0 Å². The minimum absolute atomic E-state index is 0.373. The van der Waals surface area contributed by atoms with Crippen molar-refractivity contribution < 1.29 is 0 Å². The highest BCUT2D eigenvalue weighted by molar-refractivity contribution is 7.80. The third-order valence-corrected chi connectivity index (χ3v) is 1.91. The Morgan fingerprint density at radius 3 is 2.31 bits per heavy atom. The zero-order valence-electron chi connectivity index (χ0n) is 9.26. The fourth-order valence-corrected chi connectivity index (χ4v) is 1.56. The van der Waals surface area contributed by atoms with Gasteiger partial charge in [0.1, 0.15) is 0 Å². The lowest BCUT2D eigenvalue weighted by molar-refractivity contribution is 0.226. The van der Waals surface area contributed by atoms with Gasteiger partial charge in [-0.1, -0.05) is 33.0 Å². The maximum absolute atomic E-state index is 5.42. The summed E-state index contributed by atoms with van der Waals surface area (Å²) in [5.74, 6) is 0. The molecule has 0 aliphatic carbocycles.